The first kappa shape index (κ1) is 11.4. The average Bonchev–Trinajstić information content (AvgIpc) is 2.82. The summed E-state index contributed by atoms with van der Waals surface area (Å²) in [5.74, 6) is -0.271. The van der Waals surface area contributed by atoms with Crippen molar-refractivity contribution in [2.45, 2.75) is 0 Å². The van der Waals surface area contributed by atoms with Crippen molar-refractivity contribution < 1.29 is 9.53 Å². The van der Waals surface area contributed by atoms with E-state index in [0.717, 1.165) is 0 Å². The van der Waals surface area contributed by atoms with Crippen LogP contribution in [-0.2, 0) is 9.53 Å². The highest BCUT2D eigenvalue weighted by atomic mass is 32.1. The van der Waals surface area contributed by atoms with Crippen LogP contribution < -0.4 is 5.32 Å². The molecule has 0 unspecified atom stereocenters. The Hall–Kier alpha value is -1.05. The van der Waals surface area contributed by atoms with Crippen molar-refractivity contribution in [3.8, 4) is 0 Å². The third-order valence-corrected chi connectivity index (χ3v) is 3.28. The average molecular weight is 257 g/mol. The van der Waals surface area contributed by atoms with Crippen LogP contribution in [0.5, 0.6) is 0 Å². The largest absolute Gasteiger partial charge is 0.378 e. The first-order chi connectivity index (χ1) is 7.77. The van der Waals surface area contributed by atoms with Crippen LogP contribution in [-0.4, -0.2) is 47.1 Å². The highest BCUT2D eigenvalue weighted by Crippen LogP contribution is 2.11. The Morgan fingerprint density at radius 3 is 2.94 bits per heavy atom. The zero-order valence-electron chi connectivity index (χ0n) is 8.51. The molecule has 0 bridgehead atoms. The Morgan fingerprint density at radius 1 is 1.56 bits per heavy atom. The molecule has 1 aromatic rings. The summed E-state index contributed by atoms with van der Waals surface area (Å²) >= 11 is 6.47. The minimum atomic E-state index is -0.271. The predicted octanol–water partition coefficient (Wildman–Crippen LogP) is 0.741. The van der Waals surface area contributed by atoms with E-state index >= 15 is 0 Å². The van der Waals surface area contributed by atoms with Gasteiger partial charge in [-0.3, -0.25) is 10.1 Å². The number of rotatable bonds is 1. The van der Waals surface area contributed by atoms with Gasteiger partial charge in [0.2, 0.25) is 0 Å². The second-order valence-corrected chi connectivity index (χ2v) is 4.48. The molecule has 0 aromatic carbocycles. The number of nitrogens with one attached hydrogen (secondary N) is 1. The van der Waals surface area contributed by atoms with Gasteiger partial charge in [0.15, 0.2) is 10.1 Å². The number of morpholine rings is 1. The molecule has 0 atom stereocenters. The Kier molecular flexibility index (Phi) is 3.81. The molecule has 0 aliphatic carbocycles. The van der Waals surface area contributed by atoms with Crippen LogP contribution in [0.15, 0.2) is 11.6 Å². The van der Waals surface area contributed by atoms with E-state index in [1.54, 1.807) is 11.6 Å². The number of ether oxygens (including phenoxy) is 1. The molecule has 1 aromatic heterocycles. The third-order valence-electron chi connectivity index (χ3n) is 2.15. The van der Waals surface area contributed by atoms with Crippen molar-refractivity contribution in [3.63, 3.8) is 0 Å². The quantitative estimate of drug-likeness (QED) is 0.752. The molecule has 0 saturated carbocycles. The normalized spacial score (nSPS) is 15.9. The number of carbonyl (C=O) groups is 1. The molecule has 7 heteroatoms. The third kappa shape index (κ3) is 2.75. The SMILES string of the molecule is O=C(Nc1nccs1)C(=S)N1CCOCC1. The number of thiocarbonyl (C=S) groups is 1. The van der Waals surface area contributed by atoms with E-state index < -0.39 is 0 Å². The van der Waals surface area contributed by atoms with E-state index in [0.29, 0.717) is 36.4 Å². The molecule has 1 aliphatic heterocycles. The van der Waals surface area contributed by atoms with Crippen molar-refractivity contribution in [1.82, 2.24) is 9.88 Å². The van der Waals surface area contributed by atoms with Gasteiger partial charge < -0.3 is 9.64 Å². The van der Waals surface area contributed by atoms with E-state index in [4.69, 9.17) is 17.0 Å². The van der Waals surface area contributed by atoms with Gasteiger partial charge in [-0.2, -0.15) is 0 Å². The summed E-state index contributed by atoms with van der Waals surface area (Å²) in [5, 5.41) is 5.03. The maximum atomic E-state index is 11.7. The van der Waals surface area contributed by atoms with E-state index in [9.17, 15) is 4.79 Å². The van der Waals surface area contributed by atoms with E-state index in [1.807, 2.05) is 4.90 Å². The maximum absolute atomic E-state index is 11.7. The molecule has 1 N–H and O–H groups in total. The zero-order chi connectivity index (χ0) is 11.4. The van der Waals surface area contributed by atoms with Crippen LogP contribution in [0.4, 0.5) is 5.13 Å². The lowest BCUT2D eigenvalue weighted by Gasteiger charge is -2.28. The fraction of sp³-hybridized carbons (Fsp3) is 0.444. The van der Waals surface area contributed by atoms with Crippen molar-refractivity contribution in [2.24, 2.45) is 0 Å². The van der Waals surface area contributed by atoms with Gasteiger partial charge in [0.1, 0.15) is 0 Å². The standard InChI is InChI=1S/C9H11N3O2S2/c13-7(11-9-10-1-6-16-9)8(15)12-2-4-14-5-3-12/h1,6H,2-5H2,(H,10,11,13). The van der Waals surface area contributed by atoms with Gasteiger partial charge >= 0.3 is 0 Å². The zero-order valence-corrected chi connectivity index (χ0v) is 10.1. The van der Waals surface area contributed by atoms with E-state index in [1.165, 1.54) is 11.3 Å². The van der Waals surface area contributed by atoms with Gasteiger partial charge in [0.25, 0.3) is 5.91 Å². The summed E-state index contributed by atoms with van der Waals surface area (Å²) in [7, 11) is 0. The van der Waals surface area contributed by atoms with Crippen LogP contribution in [0.25, 0.3) is 0 Å². The molecule has 2 rings (SSSR count). The number of aromatic nitrogens is 1. The highest BCUT2D eigenvalue weighted by Gasteiger charge is 2.20. The van der Waals surface area contributed by atoms with Crippen LogP contribution >= 0.6 is 23.6 Å². The van der Waals surface area contributed by atoms with Crippen molar-refractivity contribution in [2.75, 3.05) is 31.6 Å². The number of hydrogen-bond acceptors (Lipinski definition) is 5. The van der Waals surface area contributed by atoms with Crippen LogP contribution in [0.1, 0.15) is 0 Å². The maximum Gasteiger partial charge on any atom is 0.285 e. The fourth-order valence-electron chi connectivity index (χ4n) is 1.35. The predicted molar refractivity (Wildman–Crippen MR) is 65.7 cm³/mol. The minimum absolute atomic E-state index is 0.271. The first-order valence-electron chi connectivity index (χ1n) is 4.85. The molecular formula is C9H11N3O2S2. The number of hydrogen-bond donors (Lipinski definition) is 1. The highest BCUT2D eigenvalue weighted by molar-refractivity contribution is 7.82. The molecule has 86 valence electrons. The van der Waals surface area contributed by atoms with Crippen LogP contribution in [0.2, 0.25) is 0 Å². The molecule has 2 heterocycles. The monoisotopic (exact) mass is 257 g/mol. The van der Waals surface area contributed by atoms with Crippen molar-refractivity contribution in [3.05, 3.63) is 11.6 Å². The van der Waals surface area contributed by atoms with Crippen LogP contribution in [0.3, 0.4) is 0 Å². The number of thiazole rings is 1. The number of amides is 1. The molecule has 1 fully saturated rings. The summed E-state index contributed by atoms with van der Waals surface area (Å²) in [6.07, 6.45) is 1.64. The second kappa shape index (κ2) is 5.33. The lowest BCUT2D eigenvalue weighted by Crippen LogP contribution is -2.44. The van der Waals surface area contributed by atoms with Crippen molar-refractivity contribution >= 4 is 39.6 Å². The van der Waals surface area contributed by atoms with Gasteiger partial charge in [0, 0.05) is 24.7 Å². The Morgan fingerprint density at radius 2 is 2.31 bits per heavy atom. The summed E-state index contributed by atoms with van der Waals surface area (Å²) in [6, 6.07) is 0. The molecule has 16 heavy (non-hydrogen) atoms. The van der Waals surface area contributed by atoms with Gasteiger partial charge in [-0.15, -0.1) is 11.3 Å². The number of nitrogens with zero attached hydrogens (tertiary/aromatic N) is 2. The van der Waals surface area contributed by atoms with Gasteiger partial charge in [-0.05, 0) is 0 Å². The number of anilines is 1. The molecule has 1 saturated heterocycles. The van der Waals surface area contributed by atoms with Crippen molar-refractivity contribution in [1.29, 1.82) is 0 Å². The lowest BCUT2D eigenvalue weighted by atomic mass is 10.4. The summed E-state index contributed by atoms with van der Waals surface area (Å²) in [4.78, 5) is 17.9. The molecular weight excluding hydrogens is 246 g/mol. The second-order valence-electron chi connectivity index (χ2n) is 3.20. The molecule has 0 spiro atoms. The molecule has 5 nitrogen and oxygen atoms in total. The summed E-state index contributed by atoms with van der Waals surface area (Å²) in [6.45, 7) is 2.57. The van der Waals surface area contributed by atoms with Gasteiger partial charge in [-0.25, -0.2) is 4.98 Å². The Labute approximate surface area is 102 Å². The number of carbonyl (C=O) groups excluding carboxylic acids is 1. The van der Waals surface area contributed by atoms with E-state index in [-0.39, 0.29) is 5.91 Å². The Bertz CT molecular complexity index is 374. The molecule has 1 aliphatic rings. The molecule has 0 radical (unpaired) electrons. The minimum Gasteiger partial charge on any atom is -0.378 e. The topological polar surface area (TPSA) is 54.5 Å². The van der Waals surface area contributed by atoms with Gasteiger partial charge in [-0.1, -0.05) is 12.2 Å². The van der Waals surface area contributed by atoms with Gasteiger partial charge in [0.05, 0.1) is 13.2 Å². The fourth-order valence-corrected chi connectivity index (χ4v) is 2.10. The van der Waals surface area contributed by atoms with E-state index in [2.05, 4.69) is 10.3 Å². The molecule has 1 amide bonds. The smallest absolute Gasteiger partial charge is 0.285 e. The van der Waals surface area contributed by atoms with Crippen LogP contribution in [0, 0.1) is 0 Å². The summed E-state index contributed by atoms with van der Waals surface area (Å²) < 4.78 is 5.19. The first-order valence-corrected chi connectivity index (χ1v) is 6.13. The summed E-state index contributed by atoms with van der Waals surface area (Å²) in [5.41, 5.74) is 0. The Balaban J connectivity index is 1.91. The lowest BCUT2D eigenvalue weighted by molar-refractivity contribution is -0.111.